The maximum absolute atomic E-state index is 8.07. The molecule has 5 heteroatoms. The van der Waals surface area contributed by atoms with Crippen LogP contribution in [0.15, 0.2) is 24.3 Å². The van der Waals surface area contributed by atoms with E-state index in [9.17, 15) is 0 Å². The predicted molar refractivity (Wildman–Crippen MR) is 71.8 cm³/mol. The molecule has 90 valence electrons. The zero-order valence-electron chi connectivity index (χ0n) is 8.85. The highest BCUT2D eigenvalue weighted by molar-refractivity contribution is 5.85. The lowest BCUT2D eigenvalue weighted by molar-refractivity contribution is 0.287. The van der Waals surface area contributed by atoms with E-state index < -0.39 is 0 Å². The number of nitrogen functional groups attached to an aromatic ring is 2. The van der Waals surface area contributed by atoms with Crippen molar-refractivity contribution >= 4 is 36.2 Å². The van der Waals surface area contributed by atoms with Gasteiger partial charge in [-0.15, -0.1) is 24.8 Å². The van der Waals surface area contributed by atoms with Crippen molar-refractivity contribution in [3.8, 4) is 0 Å². The van der Waals surface area contributed by atoms with Gasteiger partial charge in [0.05, 0.1) is 11.4 Å². The number of para-hydroxylation sites is 2. The van der Waals surface area contributed by atoms with E-state index in [4.69, 9.17) is 16.6 Å². The van der Waals surface area contributed by atoms with E-state index in [1.165, 1.54) is 0 Å². The molecule has 0 saturated carbocycles. The number of nitrogens with two attached hydrogens (primary N) is 2. The SMILES string of the molecule is CCCCO.Cl.Cl.Nc1ccccc1N. The highest BCUT2D eigenvalue weighted by Crippen LogP contribution is 2.10. The van der Waals surface area contributed by atoms with Crippen molar-refractivity contribution in [2.75, 3.05) is 18.1 Å². The Morgan fingerprint density at radius 3 is 1.60 bits per heavy atom. The minimum Gasteiger partial charge on any atom is -0.397 e. The molecule has 0 amide bonds. The molecular weight excluding hydrogens is 235 g/mol. The molecular formula is C10H20Cl2N2O. The number of aliphatic hydroxyl groups excluding tert-OH is 1. The number of hydrogen-bond acceptors (Lipinski definition) is 3. The van der Waals surface area contributed by atoms with E-state index in [0.717, 1.165) is 12.8 Å². The minimum atomic E-state index is 0. The Morgan fingerprint density at radius 2 is 1.47 bits per heavy atom. The Morgan fingerprint density at radius 1 is 1.07 bits per heavy atom. The third-order valence-corrected chi connectivity index (χ3v) is 1.51. The van der Waals surface area contributed by atoms with Gasteiger partial charge in [0.25, 0.3) is 0 Å². The molecule has 15 heavy (non-hydrogen) atoms. The second-order valence-corrected chi connectivity index (χ2v) is 2.71. The number of anilines is 2. The average Bonchev–Trinajstić information content (AvgIpc) is 2.13. The van der Waals surface area contributed by atoms with Gasteiger partial charge < -0.3 is 16.6 Å². The van der Waals surface area contributed by atoms with Gasteiger partial charge in [-0.1, -0.05) is 25.5 Å². The van der Waals surface area contributed by atoms with Gasteiger partial charge in [-0.3, -0.25) is 0 Å². The van der Waals surface area contributed by atoms with E-state index in [-0.39, 0.29) is 24.8 Å². The van der Waals surface area contributed by atoms with Crippen molar-refractivity contribution in [2.24, 2.45) is 0 Å². The van der Waals surface area contributed by atoms with E-state index in [2.05, 4.69) is 6.92 Å². The first-order valence-electron chi connectivity index (χ1n) is 4.43. The number of halogens is 2. The fourth-order valence-corrected chi connectivity index (χ4v) is 0.669. The van der Waals surface area contributed by atoms with Crippen molar-refractivity contribution in [3.63, 3.8) is 0 Å². The first-order valence-corrected chi connectivity index (χ1v) is 4.43. The lowest BCUT2D eigenvalue weighted by Crippen LogP contribution is -1.91. The van der Waals surface area contributed by atoms with Crippen molar-refractivity contribution in [1.29, 1.82) is 0 Å². The monoisotopic (exact) mass is 254 g/mol. The maximum atomic E-state index is 8.07. The number of benzene rings is 1. The Hall–Kier alpha value is -0.640. The van der Waals surface area contributed by atoms with Gasteiger partial charge in [0.2, 0.25) is 0 Å². The van der Waals surface area contributed by atoms with Gasteiger partial charge in [0.15, 0.2) is 0 Å². The molecule has 3 nitrogen and oxygen atoms in total. The summed E-state index contributed by atoms with van der Waals surface area (Å²) in [6.45, 7) is 2.40. The van der Waals surface area contributed by atoms with Crippen LogP contribution >= 0.6 is 24.8 Å². The number of rotatable bonds is 2. The van der Waals surface area contributed by atoms with Crippen LogP contribution in [0.1, 0.15) is 19.8 Å². The van der Waals surface area contributed by atoms with Crippen LogP contribution in [-0.4, -0.2) is 11.7 Å². The molecule has 0 saturated heterocycles. The minimum absolute atomic E-state index is 0. The second kappa shape index (κ2) is 13.4. The predicted octanol–water partition coefficient (Wildman–Crippen LogP) is 2.47. The van der Waals surface area contributed by atoms with Crippen molar-refractivity contribution in [3.05, 3.63) is 24.3 Å². The van der Waals surface area contributed by atoms with Crippen LogP contribution in [0.4, 0.5) is 11.4 Å². The van der Waals surface area contributed by atoms with Gasteiger partial charge in [0.1, 0.15) is 0 Å². The molecule has 0 aliphatic carbocycles. The summed E-state index contributed by atoms with van der Waals surface area (Å²) in [5.41, 5.74) is 12.1. The Labute approximate surface area is 104 Å². The van der Waals surface area contributed by atoms with Crippen LogP contribution in [0.2, 0.25) is 0 Å². The summed E-state index contributed by atoms with van der Waals surface area (Å²) in [5, 5.41) is 8.07. The van der Waals surface area contributed by atoms with Crippen molar-refractivity contribution < 1.29 is 5.11 Å². The smallest absolute Gasteiger partial charge is 0.0547 e. The third kappa shape index (κ3) is 11.3. The van der Waals surface area contributed by atoms with Crippen LogP contribution in [0, 0.1) is 0 Å². The van der Waals surface area contributed by atoms with E-state index in [1.54, 1.807) is 12.1 Å². The summed E-state index contributed by atoms with van der Waals surface area (Å²) in [4.78, 5) is 0. The summed E-state index contributed by atoms with van der Waals surface area (Å²) in [7, 11) is 0. The largest absolute Gasteiger partial charge is 0.397 e. The van der Waals surface area contributed by atoms with Gasteiger partial charge in [-0.25, -0.2) is 0 Å². The Kier molecular flexibility index (Phi) is 17.7. The normalized spacial score (nSPS) is 7.60. The van der Waals surface area contributed by atoms with E-state index in [1.807, 2.05) is 12.1 Å². The van der Waals surface area contributed by atoms with Gasteiger partial charge in [-0.2, -0.15) is 0 Å². The van der Waals surface area contributed by atoms with Gasteiger partial charge in [0, 0.05) is 6.61 Å². The van der Waals surface area contributed by atoms with Crippen LogP contribution in [-0.2, 0) is 0 Å². The molecule has 5 N–H and O–H groups in total. The second-order valence-electron chi connectivity index (χ2n) is 2.71. The first kappa shape index (κ1) is 19.9. The summed E-state index contributed by atoms with van der Waals surface area (Å²) in [6, 6.07) is 7.25. The fourth-order valence-electron chi connectivity index (χ4n) is 0.669. The lowest BCUT2D eigenvalue weighted by Gasteiger charge is -1.94. The van der Waals surface area contributed by atoms with Crippen molar-refractivity contribution in [1.82, 2.24) is 0 Å². The Bertz CT molecular complexity index is 211. The molecule has 0 aliphatic rings. The topological polar surface area (TPSA) is 72.3 Å². The molecule has 0 aliphatic heterocycles. The Balaban J connectivity index is -0.000000185. The van der Waals surface area contributed by atoms with Gasteiger partial charge >= 0.3 is 0 Å². The molecule has 0 bridgehead atoms. The highest BCUT2D eigenvalue weighted by atomic mass is 35.5. The molecule has 1 aromatic rings. The van der Waals surface area contributed by atoms with Crippen LogP contribution in [0.25, 0.3) is 0 Å². The quantitative estimate of drug-likeness (QED) is 0.711. The third-order valence-electron chi connectivity index (χ3n) is 1.51. The van der Waals surface area contributed by atoms with Crippen LogP contribution < -0.4 is 11.5 Å². The molecule has 0 atom stereocenters. The summed E-state index contributed by atoms with van der Waals surface area (Å²) in [6.07, 6.45) is 2.04. The molecule has 1 aromatic carbocycles. The molecule has 1 rings (SSSR count). The summed E-state index contributed by atoms with van der Waals surface area (Å²) < 4.78 is 0. The average molecular weight is 255 g/mol. The molecule has 0 aromatic heterocycles. The van der Waals surface area contributed by atoms with Gasteiger partial charge in [-0.05, 0) is 18.6 Å². The zero-order chi connectivity index (χ0) is 10.1. The zero-order valence-corrected chi connectivity index (χ0v) is 10.5. The van der Waals surface area contributed by atoms with Crippen LogP contribution in [0.5, 0.6) is 0 Å². The first-order chi connectivity index (χ1) is 6.22. The van der Waals surface area contributed by atoms with E-state index >= 15 is 0 Å². The maximum Gasteiger partial charge on any atom is 0.0547 e. The number of aliphatic hydroxyl groups is 1. The number of unbranched alkanes of at least 4 members (excludes halogenated alkanes) is 1. The lowest BCUT2D eigenvalue weighted by atomic mass is 10.3. The summed E-state index contributed by atoms with van der Waals surface area (Å²) >= 11 is 0. The van der Waals surface area contributed by atoms with E-state index in [0.29, 0.717) is 18.0 Å². The molecule has 0 radical (unpaired) electrons. The summed E-state index contributed by atoms with van der Waals surface area (Å²) in [5.74, 6) is 0. The molecule has 0 heterocycles. The molecule has 0 fully saturated rings. The molecule has 0 spiro atoms. The van der Waals surface area contributed by atoms with Crippen molar-refractivity contribution in [2.45, 2.75) is 19.8 Å². The number of hydrogen-bond donors (Lipinski definition) is 3. The van der Waals surface area contributed by atoms with Crippen LogP contribution in [0.3, 0.4) is 0 Å². The standard InChI is InChI=1S/C6H8N2.C4H10O.2ClH/c7-5-3-1-2-4-6(5)8;1-2-3-4-5;;/h1-4H,7-8H2;5H,2-4H2,1H3;2*1H. The highest BCUT2D eigenvalue weighted by Gasteiger charge is 1.85. The molecule has 0 unspecified atom stereocenters. The fraction of sp³-hybridized carbons (Fsp3) is 0.400.